The number of pyridine rings is 2. The largest absolute Gasteiger partial charge is 0.449 e. The summed E-state index contributed by atoms with van der Waals surface area (Å²) >= 11 is 6.06. The number of nitrogens with zero attached hydrogens (tertiary/aromatic N) is 5. The van der Waals surface area contributed by atoms with Crippen molar-refractivity contribution < 1.29 is 17.6 Å². The average Bonchev–Trinajstić information content (AvgIpc) is 3.50. The Morgan fingerprint density at radius 1 is 0.972 bits per heavy atom. The van der Waals surface area contributed by atoms with Gasteiger partial charge in [-0.25, -0.2) is 14.4 Å². The molecule has 0 bridgehead atoms. The molecular formula is C24H16ClF4N7. The number of aromatic nitrogens is 6. The molecule has 36 heavy (non-hydrogen) atoms. The van der Waals surface area contributed by atoms with E-state index in [0.29, 0.717) is 50.8 Å². The summed E-state index contributed by atoms with van der Waals surface area (Å²) in [6.07, 6.45) is -1.49. The highest BCUT2D eigenvalue weighted by atomic mass is 35.5. The normalized spacial score (nSPS) is 13.8. The van der Waals surface area contributed by atoms with Crippen LogP contribution in [0.4, 0.5) is 17.6 Å². The summed E-state index contributed by atoms with van der Waals surface area (Å²) in [5.74, 6) is -1.42. The van der Waals surface area contributed by atoms with Gasteiger partial charge in [-0.2, -0.15) is 18.3 Å². The number of benzene rings is 1. The number of H-pyrrole nitrogens is 1. The lowest BCUT2D eigenvalue weighted by Crippen LogP contribution is -2.30. The zero-order valence-electron chi connectivity index (χ0n) is 18.4. The minimum atomic E-state index is -4.58. The molecule has 2 N–H and O–H groups in total. The second-order valence-corrected chi connectivity index (χ2v) is 8.72. The van der Waals surface area contributed by atoms with Crippen molar-refractivity contribution in [2.45, 2.75) is 19.3 Å². The predicted molar refractivity (Wildman–Crippen MR) is 125 cm³/mol. The third-order valence-electron chi connectivity index (χ3n) is 6.04. The van der Waals surface area contributed by atoms with Crippen LogP contribution in [0.25, 0.3) is 44.8 Å². The van der Waals surface area contributed by atoms with E-state index in [-0.39, 0.29) is 24.3 Å². The maximum atomic E-state index is 14.5. The quantitative estimate of drug-likeness (QED) is 0.313. The molecule has 0 aliphatic carbocycles. The summed E-state index contributed by atoms with van der Waals surface area (Å²) in [6.45, 7) is 0.852. The highest BCUT2D eigenvalue weighted by Gasteiger charge is 2.39. The van der Waals surface area contributed by atoms with Crippen LogP contribution < -0.4 is 5.32 Å². The maximum absolute atomic E-state index is 14.5. The van der Waals surface area contributed by atoms with Crippen molar-refractivity contribution in [3.8, 4) is 33.8 Å². The van der Waals surface area contributed by atoms with Crippen molar-refractivity contribution in [1.29, 1.82) is 0 Å². The van der Waals surface area contributed by atoms with Crippen LogP contribution in [0.15, 0.2) is 48.8 Å². The molecule has 7 nitrogen and oxygen atoms in total. The van der Waals surface area contributed by atoms with Crippen LogP contribution in [0.2, 0.25) is 5.02 Å². The fourth-order valence-corrected chi connectivity index (χ4v) is 4.58. The lowest BCUT2D eigenvalue weighted by Gasteiger charge is -2.19. The molecule has 12 heteroatoms. The van der Waals surface area contributed by atoms with Gasteiger partial charge in [-0.1, -0.05) is 11.6 Å². The van der Waals surface area contributed by atoms with E-state index in [1.54, 1.807) is 24.4 Å². The minimum absolute atomic E-state index is 0.171. The van der Waals surface area contributed by atoms with Gasteiger partial charge in [-0.15, -0.1) is 0 Å². The molecule has 0 spiro atoms. The average molecular weight is 514 g/mol. The van der Waals surface area contributed by atoms with E-state index in [1.165, 1.54) is 29.0 Å². The number of hydrogen-bond acceptors (Lipinski definition) is 5. The number of alkyl halides is 3. The van der Waals surface area contributed by atoms with Gasteiger partial charge in [0.15, 0.2) is 0 Å². The number of hydrogen-bond donors (Lipinski definition) is 2. The molecule has 5 heterocycles. The summed E-state index contributed by atoms with van der Waals surface area (Å²) in [7, 11) is 0. The zero-order valence-corrected chi connectivity index (χ0v) is 19.1. The van der Waals surface area contributed by atoms with Crippen molar-refractivity contribution in [2.24, 2.45) is 0 Å². The monoisotopic (exact) mass is 513 g/mol. The number of rotatable bonds is 3. The Labute approximate surface area is 206 Å². The van der Waals surface area contributed by atoms with Gasteiger partial charge in [0.05, 0.1) is 28.1 Å². The fourth-order valence-electron chi connectivity index (χ4n) is 4.41. The molecule has 6 rings (SSSR count). The van der Waals surface area contributed by atoms with Crippen LogP contribution in [-0.2, 0) is 19.3 Å². The number of halogens is 5. The molecule has 0 atom stereocenters. The van der Waals surface area contributed by atoms with E-state index in [9.17, 15) is 17.6 Å². The Morgan fingerprint density at radius 2 is 1.83 bits per heavy atom. The van der Waals surface area contributed by atoms with Crippen LogP contribution in [0.1, 0.15) is 11.5 Å². The second kappa shape index (κ2) is 8.38. The Kier molecular flexibility index (Phi) is 5.27. The lowest BCUT2D eigenvalue weighted by molar-refractivity contribution is -0.147. The summed E-state index contributed by atoms with van der Waals surface area (Å²) in [5.41, 5.74) is 3.62. The molecular weight excluding hydrogens is 498 g/mol. The lowest BCUT2D eigenvalue weighted by atomic mass is 10.0. The Morgan fingerprint density at radius 3 is 2.67 bits per heavy atom. The topological polar surface area (TPSA) is 84.3 Å². The van der Waals surface area contributed by atoms with E-state index in [0.717, 1.165) is 0 Å². The van der Waals surface area contributed by atoms with Crippen LogP contribution in [0, 0.1) is 5.82 Å². The van der Waals surface area contributed by atoms with Crippen molar-refractivity contribution >= 4 is 22.6 Å². The maximum Gasteiger partial charge on any atom is 0.449 e. The van der Waals surface area contributed by atoms with Crippen LogP contribution >= 0.6 is 11.6 Å². The first-order valence-corrected chi connectivity index (χ1v) is 11.3. The van der Waals surface area contributed by atoms with Crippen LogP contribution in [-0.4, -0.2) is 36.3 Å². The first kappa shape index (κ1) is 22.6. The first-order chi connectivity index (χ1) is 17.3. The molecule has 0 saturated carbocycles. The van der Waals surface area contributed by atoms with E-state index >= 15 is 0 Å². The van der Waals surface area contributed by atoms with Gasteiger partial charge in [0, 0.05) is 53.7 Å². The molecule has 0 amide bonds. The van der Waals surface area contributed by atoms with Crippen LogP contribution in [0.5, 0.6) is 0 Å². The van der Waals surface area contributed by atoms with Gasteiger partial charge < -0.3 is 9.88 Å². The van der Waals surface area contributed by atoms with Gasteiger partial charge in [0.1, 0.15) is 11.5 Å². The van der Waals surface area contributed by atoms with Crippen molar-refractivity contribution in [3.63, 3.8) is 0 Å². The predicted octanol–water partition coefficient (Wildman–Crippen LogP) is 5.46. The number of nitrogens with one attached hydrogen (secondary N) is 2. The second-order valence-electron chi connectivity index (χ2n) is 8.29. The van der Waals surface area contributed by atoms with Crippen molar-refractivity contribution in [2.75, 3.05) is 6.54 Å². The highest BCUT2D eigenvalue weighted by molar-refractivity contribution is 6.30. The van der Waals surface area contributed by atoms with Crippen molar-refractivity contribution in [3.05, 3.63) is 71.2 Å². The molecule has 182 valence electrons. The zero-order chi connectivity index (χ0) is 25.0. The number of fused-ring (bicyclic) bond motifs is 2. The number of imidazole rings is 1. The Hall–Kier alpha value is -3.83. The van der Waals surface area contributed by atoms with Gasteiger partial charge >= 0.3 is 6.18 Å². The van der Waals surface area contributed by atoms with Gasteiger partial charge in [-0.05, 0) is 36.4 Å². The van der Waals surface area contributed by atoms with Gasteiger partial charge in [-0.3, -0.25) is 10.1 Å². The first-order valence-electron chi connectivity index (χ1n) is 10.9. The SMILES string of the molecule is Fc1ccc(Cl)cc1-c1n[nH]cc1-c1ccc2ncc(-c3nc(C(F)(F)F)n4c3CNCC4)cc2n1. The number of aromatic amines is 1. The fraction of sp³-hybridized carbons (Fsp3) is 0.167. The molecule has 0 saturated heterocycles. The Balaban J connectivity index is 1.46. The van der Waals surface area contributed by atoms with E-state index in [4.69, 9.17) is 11.6 Å². The molecule has 1 aromatic carbocycles. The Bertz CT molecular complexity index is 1620. The summed E-state index contributed by atoms with van der Waals surface area (Å²) in [6, 6.07) is 9.29. The molecule has 1 aliphatic heterocycles. The smallest absolute Gasteiger partial charge is 0.321 e. The molecule has 0 fully saturated rings. The minimum Gasteiger partial charge on any atom is -0.321 e. The third kappa shape index (κ3) is 3.80. The standard InChI is InChI=1S/C24H16ClF4N7/c25-13-1-2-16(26)14(8-13)22-15(10-32-35-22)17-3-4-18-19(33-17)7-12(9-31-18)21-20-11-30-5-6-36(20)23(34-21)24(27,28)29/h1-4,7-10,30H,5-6,11H2,(H,32,35). The molecule has 0 radical (unpaired) electrons. The van der Waals surface area contributed by atoms with E-state index in [2.05, 4.69) is 30.5 Å². The summed E-state index contributed by atoms with van der Waals surface area (Å²) in [5, 5.41) is 10.4. The van der Waals surface area contributed by atoms with Gasteiger partial charge in [0.2, 0.25) is 5.82 Å². The van der Waals surface area contributed by atoms with Crippen LogP contribution in [0.3, 0.4) is 0 Å². The molecule has 0 unspecified atom stereocenters. The summed E-state index contributed by atoms with van der Waals surface area (Å²) in [4.78, 5) is 13.0. The molecule has 4 aromatic heterocycles. The third-order valence-corrected chi connectivity index (χ3v) is 6.28. The highest BCUT2D eigenvalue weighted by Crippen LogP contribution is 2.36. The molecule has 1 aliphatic rings. The van der Waals surface area contributed by atoms with Crippen molar-refractivity contribution in [1.82, 2.24) is 35.0 Å². The van der Waals surface area contributed by atoms with E-state index in [1.807, 2.05) is 0 Å². The van der Waals surface area contributed by atoms with E-state index < -0.39 is 17.8 Å². The summed E-state index contributed by atoms with van der Waals surface area (Å²) < 4.78 is 56.6. The van der Waals surface area contributed by atoms with Gasteiger partial charge in [0.25, 0.3) is 0 Å². The molecule has 5 aromatic rings.